The van der Waals surface area contributed by atoms with Crippen LogP contribution in [-0.2, 0) is 0 Å². The molecule has 1 aromatic heterocycles. The number of nitrogens with zero attached hydrogens (tertiary/aromatic N) is 3. The third-order valence-electron chi connectivity index (χ3n) is 6.16. The Hall–Kier alpha value is -2.50. The van der Waals surface area contributed by atoms with Gasteiger partial charge in [0.05, 0.1) is 23.3 Å². The zero-order valence-electron chi connectivity index (χ0n) is 14.4. The standard InChI is InChI=1S/C21H21N3O2/c25-12-15-20(14-6-2-1-3-7-14)21(15)13-24(11-18(21)26)19-10-22-16-8-4-5-9-17(16)23-19/h1-10,15,18,20,25-26H,11-13H2/t15-,18+,20-,21-/m1/s1. The van der Waals surface area contributed by atoms with Crippen molar-refractivity contribution in [3.63, 3.8) is 0 Å². The first-order chi connectivity index (χ1) is 12.7. The van der Waals surface area contributed by atoms with Crippen molar-refractivity contribution in [2.45, 2.75) is 12.0 Å². The lowest BCUT2D eigenvalue weighted by atomic mass is 9.95. The summed E-state index contributed by atoms with van der Waals surface area (Å²) in [4.78, 5) is 11.3. The predicted molar refractivity (Wildman–Crippen MR) is 99.9 cm³/mol. The van der Waals surface area contributed by atoms with Gasteiger partial charge in [-0.1, -0.05) is 42.5 Å². The van der Waals surface area contributed by atoms with E-state index < -0.39 is 6.10 Å². The highest BCUT2D eigenvalue weighted by Gasteiger charge is 2.71. The van der Waals surface area contributed by atoms with Gasteiger partial charge in [-0.2, -0.15) is 0 Å². The Morgan fingerprint density at radius 1 is 1.04 bits per heavy atom. The van der Waals surface area contributed by atoms with Crippen LogP contribution >= 0.6 is 0 Å². The lowest BCUT2D eigenvalue weighted by molar-refractivity contribution is 0.113. The Balaban J connectivity index is 1.47. The van der Waals surface area contributed by atoms with Gasteiger partial charge in [0.2, 0.25) is 0 Å². The molecule has 5 rings (SSSR count). The molecule has 2 N–H and O–H groups in total. The highest BCUT2D eigenvalue weighted by atomic mass is 16.3. The Bertz CT molecular complexity index is 948. The Labute approximate surface area is 152 Å². The van der Waals surface area contributed by atoms with E-state index in [1.807, 2.05) is 42.5 Å². The summed E-state index contributed by atoms with van der Waals surface area (Å²) in [5, 5.41) is 20.8. The largest absolute Gasteiger partial charge is 0.396 e. The fraction of sp³-hybridized carbons (Fsp3) is 0.333. The van der Waals surface area contributed by atoms with E-state index in [0.29, 0.717) is 13.1 Å². The molecule has 26 heavy (non-hydrogen) atoms. The van der Waals surface area contributed by atoms with Crippen molar-refractivity contribution in [2.24, 2.45) is 11.3 Å². The molecule has 0 bridgehead atoms. The minimum atomic E-state index is -0.488. The second-order valence-corrected chi connectivity index (χ2v) is 7.40. The number of hydrogen-bond acceptors (Lipinski definition) is 5. The Morgan fingerprint density at radius 3 is 2.54 bits per heavy atom. The maximum Gasteiger partial charge on any atom is 0.147 e. The van der Waals surface area contributed by atoms with E-state index >= 15 is 0 Å². The summed E-state index contributed by atoms with van der Waals surface area (Å²) in [6.07, 6.45) is 1.29. The predicted octanol–water partition coefficient (Wildman–Crippen LogP) is 2.20. The normalized spacial score (nSPS) is 30.2. The van der Waals surface area contributed by atoms with Crippen molar-refractivity contribution in [2.75, 3.05) is 24.6 Å². The van der Waals surface area contributed by atoms with E-state index in [-0.39, 0.29) is 23.9 Å². The monoisotopic (exact) mass is 347 g/mol. The van der Waals surface area contributed by atoms with Crippen molar-refractivity contribution < 1.29 is 10.2 Å². The topological polar surface area (TPSA) is 69.5 Å². The number of anilines is 1. The maximum atomic E-state index is 10.9. The molecule has 2 fully saturated rings. The quantitative estimate of drug-likeness (QED) is 0.760. The number of hydrogen-bond donors (Lipinski definition) is 2. The van der Waals surface area contributed by atoms with Crippen LogP contribution in [0.2, 0.25) is 0 Å². The number of aliphatic hydroxyl groups excluding tert-OH is 2. The molecule has 2 aromatic carbocycles. The molecule has 1 aliphatic heterocycles. The molecule has 5 nitrogen and oxygen atoms in total. The van der Waals surface area contributed by atoms with Gasteiger partial charge >= 0.3 is 0 Å². The Kier molecular flexibility index (Phi) is 3.48. The van der Waals surface area contributed by atoms with Gasteiger partial charge in [-0.05, 0) is 29.5 Å². The minimum Gasteiger partial charge on any atom is -0.396 e. The lowest BCUT2D eigenvalue weighted by Gasteiger charge is -2.17. The molecule has 3 aromatic rings. The summed E-state index contributed by atoms with van der Waals surface area (Å²) in [6.45, 7) is 1.30. The molecule has 1 spiro atoms. The van der Waals surface area contributed by atoms with E-state index in [2.05, 4.69) is 22.0 Å². The summed E-state index contributed by atoms with van der Waals surface area (Å²) in [5.41, 5.74) is 2.61. The first kappa shape index (κ1) is 15.7. The number of benzene rings is 2. The number of aliphatic hydroxyl groups is 2. The van der Waals surface area contributed by atoms with Gasteiger partial charge in [0.1, 0.15) is 5.82 Å². The van der Waals surface area contributed by atoms with E-state index in [4.69, 9.17) is 4.98 Å². The van der Waals surface area contributed by atoms with Gasteiger partial charge in [-0.15, -0.1) is 0 Å². The van der Waals surface area contributed by atoms with Crippen LogP contribution in [-0.4, -0.2) is 46.0 Å². The number of rotatable bonds is 3. The van der Waals surface area contributed by atoms with Crippen LogP contribution in [0.25, 0.3) is 11.0 Å². The molecule has 0 amide bonds. The van der Waals surface area contributed by atoms with Gasteiger partial charge in [0, 0.05) is 25.1 Å². The van der Waals surface area contributed by atoms with E-state index in [9.17, 15) is 10.2 Å². The van der Waals surface area contributed by atoms with Gasteiger partial charge in [-0.25, -0.2) is 4.98 Å². The second kappa shape index (κ2) is 5.76. The number of aromatic nitrogens is 2. The van der Waals surface area contributed by atoms with Crippen LogP contribution in [0.3, 0.4) is 0 Å². The van der Waals surface area contributed by atoms with Crippen LogP contribution in [0.1, 0.15) is 11.5 Å². The van der Waals surface area contributed by atoms with Gasteiger partial charge in [0.15, 0.2) is 0 Å². The second-order valence-electron chi connectivity index (χ2n) is 7.40. The molecule has 1 saturated carbocycles. The fourth-order valence-corrected chi connectivity index (χ4v) is 4.84. The first-order valence-electron chi connectivity index (χ1n) is 9.04. The minimum absolute atomic E-state index is 0.0818. The van der Waals surface area contributed by atoms with Crippen LogP contribution in [0.4, 0.5) is 5.82 Å². The molecule has 2 heterocycles. The average molecular weight is 347 g/mol. The highest BCUT2D eigenvalue weighted by molar-refractivity contribution is 5.75. The molecular formula is C21H21N3O2. The molecule has 4 atom stereocenters. The molecule has 132 valence electrons. The van der Waals surface area contributed by atoms with Crippen LogP contribution in [0.5, 0.6) is 0 Å². The van der Waals surface area contributed by atoms with E-state index in [1.165, 1.54) is 5.56 Å². The van der Waals surface area contributed by atoms with Crippen molar-refractivity contribution in [3.05, 3.63) is 66.4 Å². The Morgan fingerprint density at radius 2 is 1.77 bits per heavy atom. The smallest absolute Gasteiger partial charge is 0.147 e. The summed E-state index contributed by atoms with van der Waals surface area (Å²) < 4.78 is 0. The summed E-state index contributed by atoms with van der Waals surface area (Å²) in [7, 11) is 0. The van der Waals surface area contributed by atoms with Crippen LogP contribution in [0, 0.1) is 11.3 Å². The zero-order valence-corrected chi connectivity index (χ0v) is 14.4. The van der Waals surface area contributed by atoms with Crippen molar-refractivity contribution in [1.29, 1.82) is 0 Å². The molecule has 5 heteroatoms. The summed E-state index contributed by atoms with van der Waals surface area (Å²) >= 11 is 0. The number of β-amino-alcohol motifs (C(OH)–C–C–N with tert-alkyl or cyclic N) is 1. The highest BCUT2D eigenvalue weighted by Crippen LogP contribution is 2.68. The third-order valence-corrected chi connectivity index (χ3v) is 6.16. The third kappa shape index (κ3) is 2.17. The number of fused-ring (bicyclic) bond motifs is 1. The van der Waals surface area contributed by atoms with E-state index in [0.717, 1.165) is 16.9 Å². The zero-order chi connectivity index (χ0) is 17.7. The SMILES string of the molecule is OC[C@@H]1[C@@H](c2ccccc2)[C@]12CN(c1cnc3ccccc3n1)C[C@@H]2O. The van der Waals surface area contributed by atoms with Gasteiger partial charge in [-0.3, -0.25) is 4.98 Å². The molecule has 0 unspecified atom stereocenters. The van der Waals surface area contributed by atoms with Gasteiger partial charge in [0.25, 0.3) is 0 Å². The molecule has 0 radical (unpaired) electrons. The molecular weight excluding hydrogens is 326 g/mol. The van der Waals surface area contributed by atoms with Crippen molar-refractivity contribution in [3.8, 4) is 0 Å². The van der Waals surface area contributed by atoms with Crippen molar-refractivity contribution >= 4 is 16.9 Å². The van der Waals surface area contributed by atoms with E-state index in [1.54, 1.807) is 6.20 Å². The summed E-state index contributed by atoms with van der Waals surface area (Å²) in [5.74, 6) is 1.05. The average Bonchev–Trinajstić information content (AvgIpc) is 3.23. The van der Waals surface area contributed by atoms with Crippen LogP contribution in [0.15, 0.2) is 60.8 Å². The molecule has 1 aliphatic carbocycles. The number of para-hydroxylation sites is 2. The van der Waals surface area contributed by atoms with Crippen molar-refractivity contribution in [1.82, 2.24) is 9.97 Å². The molecule has 2 aliphatic rings. The molecule has 1 saturated heterocycles. The fourth-order valence-electron chi connectivity index (χ4n) is 4.84. The first-order valence-corrected chi connectivity index (χ1v) is 9.04. The van der Waals surface area contributed by atoms with Gasteiger partial charge < -0.3 is 15.1 Å². The lowest BCUT2D eigenvalue weighted by Crippen LogP contribution is -2.23. The maximum absolute atomic E-state index is 10.9. The summed E-state index contributed by atoms with van der Waals surface area (Å²) in [6, 6.07) is 18.0. The van der Waals surface area contributed by atoms with Crippen LogP contribution < -0.4 is 4.90 Å².